The van der Waals surface area contributed by atoms with E-state index in [0.717, 1.165) is 17.2 Å². The zero-order valence-corrected chi connectivity index (χ0v) is 14.8. The second kappa shape index (κ2) is 6.43. The topological polar surface area (TPSA) is 86.7 Å². The molecule has 130 valence electrons. The zero-order valence-electron chi connectivity index (χ0n) is 14.0. The monoisotopic (exact) mass is 352 g/mol. The number of nitrogens with one attached hydrogen (secondary N) is 1. The minimum absolute atomic E-state index is 0.0379. The van der Waals surface area contributed by atoms with Crippen molar-refractivity contribution in [2.75, 3.05) is 6.54 Å². The van der Waals surface area contributed by atoms with Gasteiger partial charge >= 0.3 is 5.69 Å². The Morgan fingerprint density at radius 1 is 1.38 bits per heavy atom. The maximum Gasteiger partial charge on any atom is 0.345 e. The molecule has 0 spiro atoms. The first-order chi connectivity index (χ1) is 11.4. The molecule has 0 fully saturated rings. The van der Waals surface area contributed by atoms with Gasteiger partial charge in [0.25, 0.3) is 0 Å². The summed E-state index contributed by atoms with van der Waals surface area (Å²) in [6, 6.07) is 0. The van der Waals surface area contributed by atoms with E-state index in [-0.39, 0.29) is 17.5 Å². The van der Waals surface area contributed by atoms with Gasteiger partial charge in [0.15, 0.2) is 0 Å². The van der Waals surface area contributed by atoms with E-state index in [1.807, 2.05) is 13.8 Å². The van der Waals surface area contributed by atoms with Gasteiger partial charge in [-0.05, 0) is 20.3 Å². The normalized spacial score (nSPS) is 16.9. The molecular weight excluding hydrogens is 332 g/mol. The molecule has 8 nitrogen and oxygen atoms in total. The standard InChI is InChI=1S/C15H21ClN6O2/c1-9-13(16)10(2)22(18-9)7-6-17-14(23)11-4-5-12-19-20(3)15(24)21(12)8-11/h11H,4-8H2,1-3H3,(H,17,23)/t11-/m0/s1. The first-order valence-corrected chi connectivity index (χ1v) is 8.36. The third-order valence-corrected chi connectivity index (χ3v) is 5.04. The van der Waals surface area contributed by atoms with Gasteiger partial charge in [-0.2, -0.15) is 10.2 Å². The SMILES string of the molecule is Cc1nn(CCNC(=O)[C@H]2CCc3nn(C)c(=O)n3C2)c(C)c1Cl. The summed E-state index contributed by atoms with van der Waals surface area (Å²) in [4.78, 5) is 24.3. The largest absolute Gasteiger partial charge is 0.354 e. The first-order valence-electron chi connectivity index (χ1n) is 7.98. The van der Waals surface area contributed by atoms with Crippen LogP contribution in [0, 0.1) is 19.8 Å². The number of halogens is 1. The summed E-state index contributed by atoms with van der Waals surface area (Å²) in [5.74, 6) is 0.510. The molecule has 1 aliphatic heterocycles. The molecule has 1 aliphatic rings. The number of hydrogen-bond acceptors (Lipinski definition) is 4. The Hall–Kier alpha value is -2.09. The average molecular weight is 353 g/mol. The van der Waals surface area contributed by atoms with Gasteiger partial charge in [-0.1, -0.05) is 11.6 Å². The van der Waals surface area contributed by atoms with Crippen molar-refractivity contribution in [2.24, 2.45) is 13.0 Å². The fraction of sp³-hybridized carbons (Fsp3) is 0.600. The smallest absolute Gasteiger partial charge is 0.345 e. The summed E-state index contributed by atoms with van der Waals surface area (Å²) in [5, 5.41) is 12.1. The number of carbonyl (C=O) groups is 1. The lowest BCUT2D eigenvalue weighted by Gasteiger charge is -2.21. The second-order valence-electron chi connectivity index (χ2n) is 6.17. The van der Waals surface area contributed by atoms with E-state index in [4.69, 9.17) is 11.6 Å². The Labute approximate surface area is 144 Å². The van der Waals surface area contributed by atoms with Crippen molar-refractivity contribution in [3.63, 3.8) is 0 Å². The predicted octanol–water partition coefficient (Wildman–Crippen LogP) is 0.427. The fourth-order valence-corrected chi connectivity index (χ4v) is 3.21. The van der Waals surface area contributed by atoms with Crippen LogP contribution in [0.25, 0.3) is 0 Å². The number of carbonyl (C=O) groups excluding carboxylic acids is 1. The molecule has 3 rings (SSSR count). The fourth-order valence-electron chi connectivity index (χ4n) is 3.07. The van der Waals surface area contributed by atoms with Crippen molar-refractivity contribution in [3.8, 4) is 0 Å². The van der Waals surface area contributed by atoms with Crippen LogP contribution in [0.2, 0.25) is 5.02 Å². The quantitative estimate of drug-likeness (QED) is 0.864. The van der Waals surface area contributed by atoms with Crippen LogP contribution in [0.15, 0.2) is 4.79 Å². The molecule has 1 N–H and O–H groups in total. The van der Waals surface area contributed by atoms with Gasteiger partial charge in [0.2, 0.25) is 5.91 Å². The van der Waals surface area contributed by atoms with Crippen molar-refractivity contribution in [1.82, 2.24) is 29.4 Å². The molecule has 2 aromatic rings. The molecule has 0 radical (unpaired) electrons. The van der Waals surface area contributed by atoms with Crippen LogP contribution in [0.1, 0.15) is 23.6 Å². The van der Waals surface area contributed by atoms with E-state index in [9.17, 15) is 9.59 Å². The molecule has 0 unspecified atom stereocenters. The number of rotatable bonds is 4. The van der Waals surface area contributed by atoms with Crippen molar-refractivity contribution < 1.29 is 4.79 Å². The van der Waals surface area contributed by atoms with Gasteiger partial charge < -0.3 is 5.32 Å². The Balaban J connectivity index is 1.57. The third-order valence-electron chi connectivity index (χ3n) is 4.49. The molecule has 1 atom stereocenters. The molecule has 0 bridgehead atoms. The van der Waals surface area contributed by atoms with Crippen LogP contribution < -0.4 is 11.0 Å². The number of aromatic nitrogens is 5. The van der Waals surface area contributed by atoms with E-state index in [2.05, 4.69) is 15.5 Å². The van der Waals surface area contributed by atoms with E-state index < -0.39 is 0 Å². The maximum atomic E-state index is 12.4. The van der Waals surface area contributed by atoms with Gasteiger partial charge in [0.1, 0.15) is 5.82 Å². The molecule has 0 aliphatic carbocycles. The minimum atomic E-state index is -0.205. The van der Waals surface area contributed by atoms with Crippen LogP contribution in [0.5, 0.6) is 0 Å². The number of hydrogen-bond donors (Lipinski definition) is 1. The lowest BCUT2D eigenvalue weighted by Crippen LogP contribution is -2.39. The summed E-state index contributed by atoms with van der Waals surface area (Å²) >= 11 is 6.12. The molecule has 24 heavy (non-hydrogen) atoms. The molecule has 0 aromatic carbocycles. The highest BCUT2D eigenvalue weighted by Gasteiger charge is 2.27. The summed E-state index contributed by atoms with van der Waals surface area (Å²) in [7, 11) is 1.63. The molecule has 3 heterocycles. The highest BCUT2D eigenvalue weighted by atomic mass is 35.5. The molecular formula is C15H21ClN6O2. The van der Waals surface area contributed by atoms with E-state index in [0.29, 0.717) is 37.5 Å². The Morgan fingerprint density at radius 2 is 2.12 bits per heavy atom. The molecule has 2 aromatic heterocycles. The van der Waals surface area contributed by atoms with Crippen LogP contribution in [0.3, 0.4) is 0 Å². The van der Waals surface area contributed by atoms with Gasteiger partial charge in [0.05, 0.1) is 28.9 Å². The van der Waals surface area contributed by atoms with Gasteiger partial charge in [0, 0.05) is 26.6 Å². The van der Waals surface area contributed by atoms with Gasteiger partial charge in [-0.15, -0.1) is 0 Å². The minimum Gasteiger partial charge on any atom is -0.354 e. The van der Waals surface area contributed by atoms with Crippen LogP contribution in [-0.4, -0.2) is 36.6 Å². The maximum absolute atomic E-state index is 12.4. The average Bonchev–Trinajstić information content (AvgIpc) is 2.98. The summed E-state index contributed by atoms with van der Waals surface area (Å²) in [5.41, 5.74) is 1.52. The molecule has 1 amide bonds. The van der Waals surface area contributed by atoms with Gasteiger partial charge in [-0.3, -0.25) is 14.0 Å². The number of amides is 1. The van der Waals surface area contributed by atoms with Crippen molar-refractivity contribution in [1.29, 1.82) is 0 Å². The molecule has 0 saturated carbocycles. The lowest BCUT2D eigenvalue weighted by molar-refractivity contribution is -0.126. The summed E-state index contributed by atoms with van der Waals surface area (Å²) in [6.45, 7) is 5.19. The number of nitrogens with zero attached hydrogens (tertiary/aromatic N) is 5. The first kappa shape index (κ1) is 16.8. The van der Waals surface area contributed by atoms with Crippen LogP contribution in [-0.2, 0) is 31.4 Å². The Morgan fingerprint density at radius 3 is 2.79 bits per heavy atom. The van der Waals surface area contributed by atoms with Crippen LogP contribution >= 0.6 is 11.6 Å². The molecule has 0 saturated heterocycles. The highest BCUT2D eigenvalue weighted by molar-refractivity contribution is 6.31. The van der Waals surface area contributed by atoms with E-state index in [1.54, 1.807) is 16.3 Å². The van der Waals surface area contributed by atoms with E-state index in [1.165, 1.54) is 4.68 Å². The highest BCUT2D eigenvalue weighted by Crippen LogP contribution is 2.19. The van der Waals surface area contributed by atoms with Crippen molar-refractivity contribution in [3.05, 3.63) is 32.7 Å². The number of aryl methyl sites for hydroxylation is 3. The van der Waals surface area contributed by atoms with Crippen LogP contribution in [0.4, 0.5) is 0 Å². The Kier molecular flexibility index (Phi) is 4.49. The second-order valence-corrected chi connectivity index (χ2v) is 6.55. The summed E-state index contributed by atoms with van der Waals surface area (Å²) in [6.07, 6.45) is 1.34. The number of fused-ring (bicyclic) bond motifs is 1. The molecule has 9 heteroatoms. The van der Waals surface area contributed by atoms with Gasteiger partial charge in [-0.25, -0.2) is 9.48 Å². The van der Waals surface area contributed by atoms with Crippen molar-refractivity contribution >= 4 is 17.5 Å². The third kappa shape index (κ3) is 2.98. The predicted molar refractivity (Wildman–Crippen MR) is 89.0 cm³/mol. The lowest BCUT2D eigenvalue weighted by atomic mass is 9.98. The summed E-state index contributed by atoms with van der Waals surface area (Å²) < 4.78 is 4.71. The zero-order chi connectivity index (χ0) is 17.4. The van der Waals surface area contributed by atoms with Crippen molar-refractivity contribution in [2.45, 2.75) is 39.8 Å². The Bertz CT molecular complexity index is 834. The van der Waals surface area contributed by atoms with E-state index >= 15 is 0 Å².